The molecule has 2 aromatic carbocycles. The third-order valence-electron chi connectivity index (χ3n) is 5.04. The molecule has 0 unspecified atom stereocenters. The normalized spacial score (nSPS) is 18.0. The maximum absolute atomic E-state index is 12.7. The fourth-order valence-electron chi connectivity index (χ4n) is 3.77. The van der Waals surface area contributed by atoms with Crippen LogP contribution in [0.4, 0.5) is 5.69 Å². The largest absolute Gasteiger partial charge is 0.308 e. The lowest BCUT2D eigenvalue weighted by Crippen LogP contribution is -2.37. The predicted molar refractivity (Wildman–Crippen MR) is 106 cm³/mol. The Morgan fingerprint density at radius 3 is 2.37 bits per heavy atom. The molecular weight excluding hydrogens is 360 g/mol. The Kier molecular flexibility index (Phi) is 4.74. The fraction of sp³-hybridized carbons (Fsp3) is 0.286. The van der Waals surface area contributed by atoms with E-state index in [2.05, 4.69) is 13.0 Å². The van der Waals surface area contributed by atoms with Crippen LogP contribution in [0.3, 0.4) is 0 Å². The van der Waals surface area contributed by atoms with Gasteiger partial charge in [0.25, 0.3) is 11.8 Å². The quantitative estimate of drug-likeness (QED) is 0.591. The number of benzene rings is 2. The van der Waals surface area contributed by atoms with E-state index in [1.165, 1.54) is 22.2 Å². The Labute approximate surface area is 162 Å². The Morgan fingerprint density at radius 1 is 1.04 bits per heavy atom. The third kappa shape index (κ3) is 3.14. The zero-order valence-electron chi connectivity index (χ0n) is 15.1. The number of anilines is 1. The molecule has 0 saturated heterocycles. The third-order valence-corrected chi connectivity index (χ3v) is 5.96. The molecule has 0 spiro atoms. The first-order chi connectivity index (χ1) is 13.1. The maximum Gasteiger partial charge on any atom is 0.261 e. The molecule has 0 saturated carbocycles. The van der Waals surface area contributed by atoms with Gasteiger partial charge in [0.1, 0.15) is 0 Å². The van der Waals surface area contributed by atoms with Crippen molar-refractivity contribution in [2.45, 2.75) is 19.4 Å². The van der Waals surface area contributed by atoms with Crippen LogP contribution in [-0.4, -0.2) is 46.7 Å². The standard InChI is InChI=1S/C21H20N2O3S/c1-14-12-15-6-2-5-9-18(15)23(14)19(24)13-27-11-10-22-20(25)16-7-3-4-8-17(16)21(22)26/h2-9,14H,10-13H2,1H3/t14-/m0/s1. The minimum absolute atomic E-state index is 0.0693. The molecule has 0 radical (unpaired) electrons. The van der Waals surface area contributed by atoms with Crippen LogP contribution in [0.1, 0.15) is 33.2 Å². The molecule has 3 amide bonds. The summed E-state index contributed by atoms with van der Waals surface area (Å²) >= 11 is 1.46. The highest BCUT2D eigenvalue weighted by atomic mass is 32.2. The first kappa shape index (κ1) is 17.8. The minimum atomic E-state index is -0.246. The zero-order valence-corrected chi connectivity index (χ0v) is 15.9. The lowest BCUT2D eigenvalue weighted by atomic mass is 10.1. The molecule has 1 atom stereocenters. The van der Waals surface area contributed by atoms with Crippen LogP contribution < -0.4 is 4.90 Å². The van der Waals surface area contributed by atoms with Crippen molar-refractivity contribution in [1.29, 1.82) is 0 Å². The van der Waals surface area contributed by atoms with Crippen molar-refractivity contribution < 1.29 is 14.4 Å². The monoisotopic (exact) mass is 380 g/mol. The van der Waals surface area contributed by atoms with E-state index in [1.54, 1.807) is 24.3 Å². The molecule has 6 heteroatoms. The molecule has 2 aromatic rings. The Hall–Kier alpha value is -2.60. The van der Waals surface area contributed by atoms with Gasteiger partial charge in [-0.3, -0.25) is 19.3 Å². The SMILES string of the molecule is C[C@H]1Cc2ccccc2N1C(=O)CSCCN1C(=O)c2ccccc2C1=O. The molecule has 0 fully saturated rings. The molecule has 0 bridgehead atoms. The highest BCUT2D eigenvalue weighted by Gasteiger charge is 2.35. The average Bonchev–Trinajstić information content (AvgIpc) is 3.13. The number of thioether (sulfide) groups is 1. The Morgan fingerprint density at radius 2 is 1.67 bits per heavy atom. The molecule has 27 heavy (non-hydrogen) atoms. The summed E-state index contributed by atoms with van der Waals surface area (Å²) < 4.78 is 0. The van der Waals surface area contributed by atoms with Crippen LogP contribution in [0, 0.1) is 0 Å². The van der Waals surface area contributed by atoms with Crippen LogP contribution in [-0.2, 0) is 11.2 Å². The number of amides is 3. The predicted octanol–water partition coefficient (Wildman–Crippen LogP) is 2.99. The van der Waals surface area contributed by atoms with Crippen molar-refractivity contribution in [3.63, 3.8) is 0 Å². The highest BCUT2D eigenvalue weighted by molar-refractivity contribution is 7.99. The maximum atomic E-state index is 12.7. The number of rotatable bonds is 5. The van der Waals surface area contributed by atoms with E-state index >= 15 is 0 Å². The van der Waals surface area contributed by atoms with E-state index in [9.17, 15) is 14.4 Å². The van der Waals surface area contributed by atoms with Gasteiger partial charge in [-0.15, -0.1) is 0 Å². The van der Waals surface area contributed by atoms with Crippen molar-refractivity contribution in [2.75, 3.05) is 23.0 Å². The van der Waals surface area contributed by atoms with Crippen molar-refractivity contribution in [3.8, 4) is 0 Å². The van der Waals surface area contributed by atoms with Crippen LogP contribution >= 0.6 is 11.8 Å². The molecule has 4 rings (SSSR count). The zero-order chi connectivity index (χ0) is 19.0. The number of carbonyl (C=O) groups excluding carboxylic acids is 3. The summed E-state index contributed by atoms with van der Waals surface area (Å²) in [6.07, 6.45) is 0.877. The van der Waals surface area contributed by atoms with Gasteiger partial charge in [0.15, 0.2) is 0 Å². The Bertz CT molecular complexity index is 892. The number of nitrogens with zero attached hydrogens (tertiary/aromatic N) is 2. The van der Waals surface area contributed by atoms with Gasteiger partial charge < -0.3 is 4.90 Å². The van der Waals surface area contributed by atoms with Gasteiger partial charge in [-0.05, 0) is 37.1 Å². The number of hydrogen-bond donors (Lipinski definition) is 0. The van der Waals surface area contributed by atoms with Gasteiger partial charge in [-0.25, -0.2) is 0 Å². The van der Waals surface area contributed by atoms with Crippen LogP contribution in [0.5, 0.6) is 0 Å². The van der Waals surface area contributed by atoms with Gasteiger partial charge >= 0.3 is 0 Å². The van der Waals surface area contributed by atoms with Crippen LogP contribution in [0.25, 0.3) is 0 Å². The van der Waals surface area contributed by atoms with E-state index in [0.717, 1.165) is 12.1 Å². The summed E-state index contributed by atoms with van der Waals surface area (Å²) in [7, 11) is 0. The summed E-state index contributed by atoms with van der Waals surface area (Å²) in [5.74, 6) is 0.456. The smallest absolute Gasteiger partial charge is 0.261 e. The second-order valence-corrected chi connectivity index (χ2v) is 7.91. The summed E-state index contributed by atoms with van der Waals surface area (Å²) in [6.45, 7) is 2.37. The van der Waals surface area contributed by atoms with Crippen LogP contribution in [0.15, 0.2) is 48.5 Å². The van der Waals surface area contributed by atoms with Crippen molar-refractivity contribution in [3.05, 3.63) is 65.2 Å². The number of carbonyl (C=O) groups is 3. The van der Waals surface area contributed by atoms with E-state index in [-0.39, 0.29) is 23.8 Å². The van der Waals surface area contributed by atoms with Gasteiger partial charge in [0, 0.05) is 24.0 Å². The molecule has 138 valence electrons. The van der Waals surface area contributed by atoms with Crippen LogP contribution in [0.2, 0.25) is 0 Å². The number of hydrogen-bond acceptors (Lipinski definition) is 4. The van der Waals surface area contributed by atoms with E-state index in [4.69, 9.17) is 0 Å². The fourth-order valence-corrected chi connectivity index (χ4v) is 4.54. The number of imide groups is 1. The van der Waals surface area contributed by atoms with Gasteiger partial charge in [0.05, 0.1) is 16.9 Å². The van der Waals surface area contributed by atoms with Gasteiger partial charge in [-0.1, -0.05) is 30.3 Å². The van der Waals surface area contributed by atoms with E-state index in [1.807, 2.05) is 23.1 Å². The molecule has 5 nitrogen and oxygen atoms in total. The van der Waals surface area contributed by atoms with Crippen molar-refractivity contribution in [2.24, 2.45) is 0 Å². The summed E-state index contributed by atoms with van der Waals surface area (Å²) in [5.41, 5.74) is 3.13. The first-order valence-corrected chi connectivity index (χ1v) is 10.2. The lowest BCUT2D eigenvalue weighted by molar-refractivity contribution is -0.116. The second-order valence-electron chi connectivity index (χ2n) is 6.81. The molecule has 0 aliphatic carbocycles. The minimum Gasteiger partial charge on any atom is -0.308 e. The molecular formula is C21H20N2O3S. The number of para-hydroxylation sites is 1. The highest BCUT2D eigenvalue weighted by Crippen LogP contribution is 2.32. The lowest BCUT2D eigenvalue weighted by Gasteiger charge is -2.22. The van der Waals surface area contributed by atoms with Crippen molar-refractivity contribution in [1.82, 2.24) is 4.90 Å². The molecule has 2 heterocycles. The topological polar surface area (TPSA) is 57.7 Å². The molecule has 0 aromatic heterocycles. The molecule has 2 aliphatic heterocycles. The second kappa shape index (κ2) is 7.19. The van der Waals surface area contributed by atoms with Gasteiger partial charge in [-0.2, -0.15) is 11.8 Å². The summed E-state index contributed by atoms with van der Waals surface area (Å²) in [6, 6.07) is 15.0. The van der Waals surface area contributed by atoms with Crippen molar-refractivity contribution >= 4 is 35.2 Å². The average molecular weight is 380 g/mol. The summed E-state index contributed by atoms with van der Waals surface area (Å²) in [4.78, 5) is 40.5. The van der Waals surface area contributed by atoms with Gasteiger partial charge in [0.2, 0.25) is 5.91 Å². The summed E-state index contributed by atoms with van der Waals surface area (Å²) in [5, 5.41) is 0. The molecule has 0 N–H and O–H groups in total. The van der Waals surface area contributed by atoms with E-state index < -0.39 is 0 Å². The first-order valence-electron chi connectivity index (χ1n) is 9.01. The van der Waals surface area contributed by atoms with E-state index in [0.29, 0.717) is 29.2 Å². The number of fused-ring (bicyclic) bond motifs is 2. The Balaban J connectivity index is 1.32. The molecule has 2 aliphatic rings.